The van der Waals surface area contributed by atoms with Gasteiger partial charge in [-0.05, 0) is 52.2 Å². The summed E-state index contributed by atoms with van der Waals surface area (Å²) in [6, 6.07) is 10.2. The van der Waals surface area contributed by atoms with E-state index in [1.54, 1.807) is 24.3 Å². The lowest BCUT2D eigenvalue weighted by molar-refractivity contribution is -0.384. The van der Waals surface area contributed by atoms with Crippen molar-refractivity contribution in [1.29, 1.82) is 0 Å². The van der Waals surface area contributed by atoms with Gasteiger partial charge in [0.25, 0.3) is 5.69 Å². The number of benzene rings is 2. The van der Waals surface area contributed by atoms with E-state index < -0.39 is 4.92 Å². The van der Waals surface area contributed by atoms with Gasteiger partial charge < -0.3 is 10.4 Å². The van der Waals surface area contributed by atoms with Crippen molar-refractivity contribution < 1.29 is 10.0 Å². The fourth-order valence-corrected chi connectivity index (χ4v) is 2.23. The van der Waals surface area contributed by atoms with Crippen LogP contribution < -0.4 is 5.32 Å². The van der Waals surface area contributed by atoms with Crippen LogP contribution in [0.3, 0.4) is 0 Å². The summed E-state index contributed by atoms with van der Waals surface area (Å²) in [4.78, 5) is 10.6. The lowest BCUT2D eigenvalue weighted by atomic mass is 10.1. The second kappa shape index (κ2) is 5.92. The highest BCUT2D eigenvalue weighted by atomic mass is 79.9. The van der Waals surface area contributed by atoms with Crippen molar-refractivity contribution in [3.05, 3.63) is 62.1 Å². The maximum Gasteiger partial charge on any atom is 0.292 e. The zero-order valence-corrected chi connectivity index (χ0v) is 12.3. The highest BCUT2D eigenvalue weighted by Crippen LogP contribution is 2.27. The molecule has 0 atom stereocenters. The summed E-state index contributed by atoms with van der Waals surface area (Å²) in [5.74, 6) is 0.162. The predicted octanol–water partition coefficient (Wildman–Crippen LogP) is 3.98. The summed E-state index contributed by atoms with van der Waals surface area (Å²) in [5, 5.41) is 23.5. The summed E-state index contributed by atoms with van der Waals surface area (Å²) in [6.45, 7) is 2.25. The van der Waals surface area contributed by atoms with Crippen LogP contribution in [0.2, 0.25) is 0 Å². The Kier molecular flexibility index (Phi) is 4.24. The van der Waals surface area contributed by atoms with Gasteiger partial charge in [0, 0.05) is 12.6 Å². The first-order valence-electron chi connectivity index (χ1n) is 5.93. The molecule has 2 aromatic rings. The Morgan fingerprint density at radius 1 is 1.30 bits per heavy atom. The van der Waals surface area contributed by atoms with Crippen molar-refractivity contribution in [1.82, 2.24) is 0 Å². The number of nitrogens with one attached hydrogen (secondary N) is 1. The number of nitro benzene ring substituents is 1. The van der Waals surface area contributed by atoms with Crippen molar-refractivity contribution in [3.8, 4) is 5.75 Å². The third-order valence-corrected chi connectivity index (χ3v) is 3.48. The quantitative estimate of drug-likeness (QED) is 0.654. The molecule has 5 nitrogen and oxygen atoms in total. The zero-order chi connectivity index (χ0) is 14.7. The molecule has 0 aromatic heterocycles. The minimum atomic E-state index is -0.401. The Bertz CT molecular complexity index is 659. The van der Waals surface area contributed by atoms with Gasteiger partial charge in [-0.2, -0.15) is 0 Å². The van der Waals surface area contributed by atoms with Crippen LogP contribution >= 0.6 is 15.9 Å². The SMILES string of the molecule is Cc1ccc(NCc2ccc(O)c(Br)c2)c([N+](=O)[O-])c1. The molecular weight excluding hydrogens is 324 g/mol. The third kappa shape index (κ3) is 3.27. The van der Waals surface area contributed by atoms with Crippen LogP contribution in [0.5, 0.6) is 5.75 Å². The number of rotatable bonds is 4. The minimum absolute atomic E-state index is 0.0582. The minimum Gasteiger partial charge on any atom is -0.507 e. The van der Waals surface area contributed by atoms with E-state index >= 15 is 0 Å². The molecule has 0 radical (unpaired) electrons. The van der Waals surface area contributed by atoms with Crippen molar-refractivity contribution in [3.63, 3.8) is 0 Å². The van der Waals surface area contributed by atoms with E-state index in [4.69, 9.17) is 0 Å². The van der Waals surface area contributed by atoms with Gasteiger partial charge >= 0.3 is 0 Å². The predicted molar refractivity (Wildman–Crippen MR) is 81.0 cm³/mol. The van der Waals surface area contributed by atoms with Crippen LogP contribution in [-0.4, -0.2) is 10.0 Å². The van der Waals surface area contributed by atoms with E-state index in [2.05, 4.69) is 21.2 Å². The third-order valence-electron chi connectivity index (χ3n) is 2.84. The smallest absolute Gasteiger partial charge is 0.292 e. The number of aromatic hydroxyl groups is 1. The highest BCUT2D eigenvalue weighted by molar-refractivity contribution is 9.10. The first kappa shape index (κ1) is 14.3. The first-order chi connectivity index (χ1) is 9.47. The molecule has 0 aliphatic heterocycles. The van der Waals surface area contributed by atoms with Gasteiger partial charge in [-0.25, -0.2) is 0 Å². The molecule has 0 fully saturated rings. The normalized spacial score (nSPS) is 10.3. The molecule has 6 heteroatoms. The average molecular weight is 337 g/mol. The molecule has 104 valence electrons. The molecule has 0 saturated heterocycles. The molecule has 0 spiro atoms. The molecule has 2 N–H and O–H groups in total. The van der Waals surface area contributed by atoms with Gasteiger partial charge in [0.05, 0.1) is 9.40 Å². The lowest BCUT2D eigenvalue weighted by Gasteiger charge is -2.08. The fourth-order valence-electron chi connectivity index (χ4n) is 1.80. The molecule has 0 aliphatic carbocycles. The number of aryl methyl sites for hydroxylation is 1. The molecule has 0 bridgehead atoms. The second-order valence-corrected chi connectivity index (χ2v) is 5.27. The van der Waals surface area contributed by atoms with Crippen LogP contribution in [0.15, 0.2) is 40.9 Å². The van der Waals surface area contributed by atoms with E-state index in [-0.39, 0.29) is 11.4 Å². The Morgan fingerprint density at radius 2 is 2.05 bits per heavy atom. The van der Waals surface area contributed by atoms with Gasteiger partial charge in [0.1, 0.15) is 11.4 Å². The molecule has 2 rings (SSSR count). The van der Waals surface area contributed by atoms with Crippen LogP contribution in [0.25, 0.3) is 0 Å². The summed E-state index contributed by atoms with van der Waals surface area (Å²) in [7, 11) is 0. The van der Waals surface area contributed by atoms with E-state index in [9.17, 15) is 15.2 Å². The number of nitro groups is 1. The molecule has 20 heavy (non-hydrogen) atoms. The van der Waals surface area contributed by atoms with E-state index in [0.29, 0.717) is 16.7 Å². The molecular formula is C14H13BrN2O3. The van der Waals surface area contributed by atoms with E-state index in [1.807, 2.05) is 13.0 Å². The highest BCUT2D eigenvalue weighted by Gasteiger charge is 2.13. The van der Waals surface area contributed by atoms with Gasteiger partial charge in [-0.1, -0.05) is 12.1 Å². The topological polar surface area (TPSA) is 75.4 Å². The fraction of sp³-hybridized carbons (Fsp3) is 0.143. The Morgan fingerprint density at radius 3 is 2.70 bits per heavy atom. The summed E-state index contributed by atoms with van der Waals surface area (Å²) >= 11 is 3.23. The summed E-state index contributed by atoms with van der Waals surface area (Å²) in [5.41, 5.74) is 2.28. The van der Waals surface area contributed by atoms with Gasteiger partial charge in [-0.15, -0.1) is 0 Å². The number of phenols is 1. The van der Waals surface area contributed by atoms with E-state index in [1.165, 1.54) is 6.07 Å². The van der Waals surface area contributed by atoms with Gasteiger partial charge in [0.15, 0.2) is 0 Å². The Labute approximate surface area is 124 Å². The first-order valence-corrected chi connectivity index (χ1v) is 6.73. The average Bonchev–Trinajstić information content (AvgIpc) is 2.41. The summed E-state index contributed by atoms with van der Waals surface area (Å²) < 4.78 is 0.593. The second-order valence-electron chi connectivity index (χ2n) is 4.42. The van der Waals surface area contributed by atoms with Gasteiger partial charge in [0.2, 0.25) is 0 Å². The van der Waals surface area contributed by atoms with E-state index in [0.717, 1.165) is 11.1 Å². The van der Waals surface area contributed by atoms with Crippen molar-refractivity contribution >= 4 is 27.3 Å². The van der Waals surface area contributed by atoms with Gasteiger partial charge in [-0.3, -0.25) is 10.1 Å². The van der Waals surface area contributed by atoms with Crippen molar-refractivity contribution in [2.75, 3.05) is 5.32 Å². The molecule has 0 unspecified atom stereocenters. The number of hydrogen-bond donors (Lipinski definition) is 2. The number of hydrogen-bond acceptors (Lipinski definition) is 4. The van der Waals surface area contributed by atoms with Crippen LogP contribution in [-0.2, 0) is 6.54 Å². The summed E-state index contributed by atoms with van der Waals surface area (Å²) in [6.07, 6.45) is 0. The maximum absolute atomic E-state index is 11.0. The van der Waals surface area contributed by atoms with Crippen molar-refractivity contribution in [2.45, 2.75) is 13.5 Å². The molecule has 2 aromatic carbocycles. The zero-order valence-electron chi connectivity index (χ0n) is 10.8. The van der Waals surface area contributed by atoms with Crippen LogP contribution in [0.4, 0.5) is 11.4 Å². The van der Waals surface area contributed by atoms with Crippen LogP contribution in [0, 0.1) is 17.0 Å². The molecule has 0 heterocycles. The molecule has 0 amide bonds. The maximum atomic E-state index is 11.0. The number of phenolic OH excluding ortho intramolecular Hbond substituents is 1. The number of anilines is 1. The van der Waals surface area contributed by atoms with Crippen LogP contribution in [0.1, 0.15) is 11.1 Å². The largest absolute Gasteiger partial charge is 0.507 e. The molecule has 0 aliphatic rings. The number of nitrogens with zero attached hydrogens (tertiary/aromatic N) is 1. The molecule has 0 saturated carbocycles. The number of halogens is 1. The monoisotopic (exact) mass is 336 g/mol. The lowest BCUT2D eigenvalue weighted by Crippen LogP contribution is -2.03. The standard InChI is InChI=1S/C14H13BrN2O3/c1-9-2-4-12(13(6-9)17(19)20)16-8-10-3-5-14(18)11(15)7-10/h2-7,16,18H,8H2,1H3. The van der Waals surface area contributed by atoms with Crippen molar-refractivity contribution in [2.24, 2.45) is 0 Å². The Balaban J connectivity index is 2.18. The Hall–Kier alpha value is -2.08.